The summed E-state index contributed by atoms with van der Waals surface area (Å²) in [7, 11) is 0. The molecule has 5 heteroatoms. The molecule has 2 aliphatic rings. The normalized spacial score (nSPS) is 19.2. The maximum absolute atomic E-state index is 11.7. The van der Waals surface area contributed by atoms with Crippen LogP contribution in [0.4, 0.5) is 5.69 Å². The Morgan fingerprint density at radius 3 is 2.88 bits per heavy atom. The highest BCUT2D eigenvalue weighted by Gasteiger charge is 2.25. The van der Waals surface area contributed by atoms with E-state index >= 15 is 0 Å². The van der Waals surface area contributed by atoms with E-state index in [9.17, 15) is 9.59 Å². The second-order valence-corrected chi connectivity index (χ2v) is 4.02. The zero-order valence-corrected chi connectivity index (χ0v) is 9.14. The third kappa shape index (κ3) is 1.68. The number of ether oxygens (including phenoxy) is 2. The molecule has 5 nitrogen and oxygen atoms in total. The molecule has 3 rings (SSSR count). The van der Waals surface area contributed by atoms with Gasteiger partial charge in [0, 0.05) is 17.8 Å². The Labute approximate surface area is 97.9 Å². The van der Waals surface area contributed by atoms with Crippen molar-refractivity contribution in [2.24, 2.45) is 0 Å². The Morgan fingerprint density at radius 1 is 1.18 bits per heavy atom. The molecule has 0 bridgehead atoms. The lowest BCUT2D eigenvalue weighted by Gasteiger charge is -2.27. The van der Waals surface area contributed by atoms with Crippen LogP contribution in [0.15, 0.2) is 18.2 Å². The quantitative estimate of drug-likeness (QED) is 0.671. The van der Waals surface area contributed by atoms with Crippen molar-refractivity contribution in [1.82, 2.24) is 0 Å². The molecule has 2 heterocycles. The number of morpholine rings is 1. The largest absolute Gasteiger partial charge is 0.457 e. The van der Waals surface area contributed by atoms with Crippen LogP contribution >= 0.6 is 0 Å². The van der Waals surface area contributed by atoms with Crippen LogP contribution in [0.1, 0.15) is 15.9 Å². The van der Waals surface area contributed by atoms with Gasteiger partial charge in [-0.1, -0.05) is 0 Å². The second-order valence-electron chi connectivity index (χ2n) is 4.02. The molecule has 0 spiro atoms. The molecule has 1 fully saturated rings. The number of fused-ring (bicyclic) bond motifs is 1. The van der Waals surface area contributed by atoms with Crippen LogP contribution in [0, 0.1) is 0 Å². The van der Waals surface area contributed by atoms with E-state index in [1.807, 2.05) is 6.07 Å². The SMILES string of the molecule is O=C1OCc2cc(N3CCOCC3=O)ccc21. The van der Waals surface area contributed by atoms with E-state index in [4.69, 9.17) is 9.47 Å². The van der Waals surface area contributed by atoms with Crippen LogP contribution < -0.4 is 4.90 Å². The molecule has 2 aliphatic heterocycles. The van der Waals surface area contributed by atoms with Gasteiger partial charge in [-0.15, -0.1) is 0 Å². The Bertz CT molecular complexity index is 497. The van der Waals surface area contributed by atoms with E-state index in [2.05, 4.69) is 0 Å². The average Bonchev–Trinajstić information content (AvgIpc) is 2.71. The molecule has 0 aromatic heterocycles. The second kappa shape index (κ2) is 3.85. The highest BCUT2D eigenvalue weighted by atomic mass is 16.5. The van der Waals surface area contributed by atoms with Crippen molar-refractivity contribution in [3.8, 4) is 0 Å². The Morgan fingerprint density at radius 2 is 2.06 bits per heavy atom. The van der Waals surface area contributed by atoms with Crippen molar-refractivity contribution in [2.45, 2.75) is 6.61 Å². The predicted molar refractivity (Wildman–Crippen MR) is 58.7 cm³/mol. The van der Waals surface area contributed by atoms with Crippen molar-refractivity contribution in [2.75, 3.05) is 24.7 Å². The topological polar surface area (TPSA) is 55.8 Å². The number of nitrogens with zero attached hydrogens (tertiary/aromatic N) is 1. The molecular formula is C12H11NO4. The van der Waals surface area contributed by atoms with E-state index in [1.165, 1.54) is 0 Å². The van der Waals surface area contributed by atoms with Crippen LogP contribution in [0.5, 0.6) is 0 Å². The fourth-order valence-corrected chi connectivity index (χ4v) is 2.08. The van der Waals surface area contributed by atoms with Gasteiger partial charge < -0.3 is 14.4 Å². The van der Waals surface area contributed by atoms with Gasteiger partial charge in [-0.25, -0.2) is 4.79 Å². The summed E-state index contributed by atoms with van der Waals surface area (Å²) in [5, 5.41) is 0. The zero-order chi connectivity index (χ0) is 11.8. The summed E-state index contributed by atoms with van der Waals surface area (Å²) in [4.78, 5) is 24.6. The first-order valence-electron chi connectivity index (χ1n) is 5.44. The molecule has 1 amide bonds. The highest BCUT2D eigenvalue weighted by Crippen LogP contribution is 2.26. The average molecular weight is 233 g/mol. The smallest absolute Gasteiger partial charge is 0.338 e. The number of carbonyl (C=O) groups excluding carboxylic acids is 2. The summed E-state index contributed by atoms with van der Waals surface area (Å²) in [5.41, 5.74) is 2.23. The lowest BCUT2D eigenvalue weighted by molar-refractivity contribution is -0.125. The number of anilines is 1. The van der Waals surface area contributed by atoms with Crippen LogP contribution in [0.25, 0.3) is 0 Å². The summed E-state index contributed by atoms with van der Waals surface area (Å²) in [6.07, 6.45) is 0. The summed E-state index contributed by atoms with van der Waals surface area (Å²) in [6, 6.07) is 5.32. The van der Waals surface area contributed by atoms with E-state index in [-0.39, 0.29) is 18.5 Å². The number of carbonyl (C=O) groups is 2. The summed E-state index contributed by atoms with van der Waals surface area (Å²) >= 11 is 0. The third-order valence-corrected chi connectivity index (χ3v) is 2.97. The number of rotatable bonds is 1. The Kier molecular flexibility index (Phi) is 2.33. The third-order valence-electron chi connectivity index (χ3n) is 2.97. The monoisotopic (exact) mass is 233 g/mol. The van der Waals surface area contributed by atoms with Crippen LogP contribution in [0.2, 0.25) is 0 Å². The maximum atomic E-state index is 11.7. The maximum Gasteiger partial charge on any atom is 0.338 e. The summed E-state index contributed by atoms with van der Waals surface area (Å²) < 4.78 is 10.00. The Balaban J connectivity index is 1.94. The van der Waals surface area contributed by atoms with Gasteiger partial charge in [0.25, 0.3) is 5.91 Å². The molecule has 0 N–H and O–H groups in total. The fourth-order valence-electron chi connectivity index (χ4n) is 2.08. The number of hydrogen-bond acceptors (Lipinski definition) is 4. The van der Waals surface area contributed by atoms with Gasteiger partial charge in [-0.3, -0.25) is 4.79 Å². The van der Waals surface area contributed by atoms with Gasteiger partial charge in [-0.2, -0.15) is 0 Å². The summed E-state index contributed by atoms with van der Waals surface area (Å²) in [5.74, 6) is -0.346. The van der Waals surface area contributed by atoms with Crippen LogP contribution in [-0.2, 0) is 20.9 Å². The van der Waals surface area contributed by atoms with Crippen molar-refractivity contribution >= 4 is 17.6 Å². The number of benzene rings is 1. The summed E-state index contributed by atoms with van der Waals surface area (Å²) in [6.45, 7) is 1.50. The van der Waals surface area contributed by atoms with E-state index in [0.29, 0.717) is 25.3 Å². The van der Waals surface area contributed by atoms with Crippen LogP contribution in [0.3, 0.4) is 0 Å². The number of hydrogen-bond donors (Lipinski definition) is 0. The van der Waals surface area contributed by atoms with Gasteiger partial charge in [-0.05, 0) is 18.2 Å². The number of amides is 1. The van der Waals surface area contributed by atoms with Crippen molar-refractivity contribution < 1.29 is 19.1 Å². The van der Waals surface area contributed by atoms with E-state index < -0.39 is 0 Å². The molecule has 1 aromatic carbocycles. The molecule has 0 atom stereocenters. The number of cyclic esters (lactones) is 1. The minimum Gasteiger partial charge on any atom is -0.457 e. The molecule has 0 aliphatic carbocycles. The fraction of sp³-hybridized carbons (Fsp3) is 0.333. The molecule has 17 heavy (non-hydrogen) atoms. The first kappa shape index (κ1) is 10.3. The Hall–Kier alpha value is -1.88. The molecule has 1 aromatic rings. The van der Waals surface area contributed by atoms with E-state index in [1.54, 1.807) is 17.0 Å². The lowest BCUT2D eigenvalue weighted by atomic mass is 10.1. The van der Waals surface area contributed by atoms with Crippen molar-refractivity contribution in [3.63, 3.8) is 0 Å². The first-order chi connectivity index (χ1) is 8.25. The highest BCUT2D eigenvalue weighted by molar-refractivity contribution is 5.97. The lowest BCUT2D eigenvalue weighted by Crippen LogP contribution is -2.41. The molecule has 0 saturated carbocycles. The van der Waals surface area contributed by atoms with Gasteiger partial charge in [0.2, 0.25) is 0 Å². The van der Waals surface area contributed by atoms with Crippen LogP contribution in [-0.4, -0.2) is 31.6 Å². The first-order valence-corrected chi connectivity index (χ1v) is 5.44. The minimum atomic E-state index is -0.292. The zero-order valence-electron chi connectivity index (χ0n) is 9.14. The predicted octanol–water partition coefficient (Wildman–Crippen LogP) is 0.720. The molecule has 0 radical (unpaired) electrons. The van der Waals surface area contributed by atoms with Crippen molar-refractivity contribution in [3.05, 3.63) is 29.3 Å². The standard InChI is InChI=1S/C12H11NO4/c14-11-7-16-4-3-13(11)9-1-2-10-8(5-9)6-17-12(10)15/h1-2,5H,3-4,6-7H2. The van der Waals surface area contributed by atoms with Gasteiger partial charge in [0.15, 0.2) is 0 Å². The van der Waals surface area contributed by atoms with Gasteiger partial charge in [0.05, 0.1) is 12.2 Å². The number of esters is 1. The molecule has 1 saturated heterocycles. The van der Waals surface area contributed by atoms with Gasteiger partial charge in [0.1, 0.15) is 13.2 Å². The molecular weight excluding hydrogens is 222 g/mol. The van der Waals surface area contributed by atoms with E-state index in [0.717, 1.165) is 11.3 Å². The minimum absolute atomic E-state index is 0.0542. The molecule has 0 unspecified atom stereocenters. The molecule has 88 valence electrons. The van der Waals surface area contributed by atoms with Crippen molar-refractivity contribution in [1.29, 1.82) is 0 Å². The van der Waals surface area contributed by atoms with Gasteiger partial charge >= 0.3 is 5.97 Å².